The molecule has 4 N–H and O–H groups in total. The first kappa shape index (κ1) is 16.4. The van der Waals surface area contributed by atoms with E-state index in [1.54, 1.807) is 23.6 Å². The largest absolute Gasteiger partial charge is 0.364 e. The fourth-order valence-electron chi connectivity index (χ4n) is 2.21. The van der Waals surface area contributed by atoms with E-state index in [2.05, 4.69) is 21.4 Å². The number of carbonyl (C=O) groups is 2. The number of hydrogen-bond acceptors (Lipinski definition) is 5. The first-order chi connectivity index (χ1) is 11.6. The van der Waals surface area contributed by atoms with Crippen LogP contribution in [0.1, 0.15) is 28.2 Å². The van der Waals surface area contributed by atoms with E-state index < -0.39 is 5.91 Å². The zero-order valence-electron chi connectivity index (χ0n) is 12.7. The normalized spacial score (nSPS) is 10.7. The van der Waals surface area contributed by atoms with Gasteiger partial charge in [-0.25, -0.2) is 4.98 Å². The Kier molecular flexibility index (Phi) is 5.07. The molecule has 3 aromatic heterocycles. The van der Waals surface area contributed by atoms with E-state index in [4.69, 9.17) is 5.73 Å². The topological polar surface area (TPSA) is 101 Å². The lowest BCUT2D eigenvalue weighted by Gasteiger charge is -2.00. The van der Waals surface area contributed by atoms with Gasteiger partial charge in [-0.1, -0.05) is 6.07 Å². The van der Waals surface area contributed by atoms with Crippen molar-refractivity contribution < 1.29 is 9.59 Å². The highest BCUT2D eigenvalue weighted by Crippen LogP contribution is 2.25. The Morgan fingerprint density at radius 1 is 1.33 bits per heavy atom. The standard InChI is InChI=1S/C16H16N4O2S2/c17-15(22)12-7-10(8-18-12)13-9-24-16(19-13)20-14(21)5-1-3-11-4-2-6-23-11/h2,4,6-9,18H,1,3,5H2,(H2,17,22)(H,19,20,21). The average molecular weight is 360 g/mol. The quantitative estimate of drug-likeness (QED) is 0.603. The van der Waals surface area contributed by atoms with Gasteiger partial charge in [0.25, 0.3) is 5.91 Å². The summed E-state index contributed by atoms with van der Waals surface area (Å²) in [6, 6.07) is 5.73. The van der Waals surface area contributed by atoms with Crippen molar-refractivity contribution >= 4 is 39.6 Å². The molecule has 0 saturated heterocycles. The first-order valence-corrected chi connectivity index (χ1v) is 9.14. The number of rotatable bonds is 7. The van der Waals surface area contributed by atoms with Crippen LogP contribution in [0.15, 0.2) is 35.2 Å². The summed E-state index contributed by atoms with van der Waals surface area (Å²) in [6.45, 7) is 0. The molecule has 2 amide bonds. The van der Waals surface area contributed by atoms with E-state index in [1.165, 1.54) is 16.2 Å². The summed E-state index contributed by atoms with van der Waals surface area (Å²) < 4.78 is 0. The minimum Gasteiger partial charge on any atom is -0.364 e. The number of anilines is 1. The maximum atomic E-state index is 12.0. The molecule has 0 aliphatic carbocycles. The number of aromatic amines is 1. The number of nitrogens with two attached hydrogens (primary N) is 1. The van der Waals surface area contributed by atoms with Crippen LogP contribution >= 0.6 is 22.7 Å². The molecule has 0 aliphatic heterocycles. The lowest BCUT2D eigenvalue weighted by atomic mass is 10.2. The number of nitrogens with zero attached hydrogens (tertiary/aromatic N) is 1. The van der Waals surface area contributed by atoms with Gasteiger partial charge in [-0.2, -0.15) is 0 Å². The molecular formula is C16H16N4O2S2. The highest BCUT2D eigenvalue weighted by molar-refractivity contribution is 7.14. The number of H-pyrrole nitrogens is 1. The number of carbonyl (C=O) groups excluding carboxylic acids is 2. The van der Waals surface area contributed by atoms with Crippen LogP contribution in [0.4, 0.5) is 5.13 Å². The third-order valence-corrected chi connectivity index (χ3v) is 5.10. The number of thiophene rings is 1. The molecule has 0 fully saturated rings. The second-order valence-corrected chi connectivity index (χ2v) is 7.08. The Morgan fingerprint density at radius 2 is 2.21 bits per heavy atom. The SMILES string of the molecule is NC(=O)c1cc(-c2csc(NC(=O)CCCc3cccs3)n2)c[nH]1. The van der Waals surface area contributed by atoms with Gasteiger partial charge in [-0.3, -0.25) is 9.59 Å². The summed E-state index contributed by atoms with van der Waals surface area (Å²) >= 11 is 3.06. The van der Waals surface area contributed by atoms with Crippen LogP contribution in [0.3, 0.4) is 0 Å². The van der Waals surface area contributed by atoms with Crippen LogP contribution in [-0.4, -0.2) is 21.8 Å². The molecule has 0 aliphatic rings. The van der Waals surface area contributed by atoms with Gasteiger partial charge in [0.2, 0.25) is 5.91 Å². The zero-order valence-corrected chi connectivity index (χ0v) is 14.4. The Hall–Kier alpha value is -2.45. The van der Waals surface area contributed by atoms with Gasteiger partial charge in [-0.15, -0.1) is 22.7 Å². The van der Waals surface area contributed by atoms with Gasteiger partial charge in [-0.05, 0) is 30.4 Å². The highest BCUT2D eigenvalue weighted by atomic mass is 32.1. The molecule has 0 bridgehead atoms. The van der Waals surface area contributed by atoms with Crippen molar-refractivity contribution in [1.29, 1.82) is 0 Å². The Bertz CT molecular complexity index is 836. The van der Waals surface area contributed by atoms with E-state index >= 15 is 0 Å². The van der Waals surface area contributed by atoms with Crippen molar-refractivity contribution in [2.75, 3.05) is 5.32 Å². The van der Waals surface area contributed by atoms with Crippen molar-refractivity contribution in [3.63, 3.8) is 0 Å². The van der Waals surface area contributed by atoms with Crippen LogP contribution in [0.25, 0.3) is 11.3 Å². The van der Waals surface area contributed by atoms with Crippen molar-refractivity contribution in [3.05, 3.63) is 45.7 Å². The van der Waals surface area contributed by atoms with Crippen LogP contribution in [-0.2, 0) is 11.2 Å². The van der Waals surface area contributed by atoms with Gasteiger partial charge < -0.3 is 16.0 Å². The molecule has 0 aromatic carbocycles. The summed E-state index contributed by atoms with van der Waals surface area (Å²) in [4.78, 5) is 31.5. The second-order valence-electron chi connectivity index (χ2n) is 5.19. The summed E-state index contributed by atoms with van der Waals surface area (Å²) in [5, 5.41) is 7.23. The van der Waals surface area contributed by atoms with Crippen molar-refractivity contribution in [2.45, 2.75) is 19.3 Å². The van der Waals surface area contributed by atoms with Crippen LogP contribution in [0, 0.1) is 0 Å². The van der Waals surface area contributed by atoms with Gasteiger partial charge >= 0.3 is 0 Å². The highest BCUT2D eigenvalue weighted by Gasteiger charge is 2.11. The summed E-state index contributed by atoms with van der Waals surface area (Å²) in [5.74, 6) is -0.560. The van der Waals surface area contributed by atoms with Crippen LogP contribution < -0.4 is 11.1 Å². The van der Waals surface area contributed by atoms with E-state index in [0.717, 1.165) is 18.4 Å². The predicted molar refractivity (Wildman–Crippen MR) is 96.3 cm³/mol. The lowest BCUT2D eigenvalue weighted by molar-refractivity contribution is -0.116. The lowest BCUT2D eigenvalue weighted by Crippen LogP contribution is -2.11. The summed E-state index contributed by atoms with van der Waals surface area (Å²) in [7, 11) is 0. The van der Waals surface area contributed by atoms with Crippen LogP contribution in [0.5, 0.6) is 0 Å². The molecule has 0 saturated carbocycles. The summed E-state index contributed by atoms with van der Waals surface area (Å²) in [5.41, 5.74) is 7.00. The van der Waals surface area contributed by atoms with Gasteiger partial charge in [0, 0.05) is 28.4 Å². The third kappa shape index (κ3) is 4.09. The first-order valence-electron chi connectivity index (χ1n) is 7.38. The molecule has 24 heavy (non-hydrogen) atoms. The average Bonchev–Trinajstić information content (AvgIpc) is 3.28. The molecule has 0 spiro atoms. The number of primary amides is 1. The Morgan fingerprint density at radius 3 is 2.92 bits per heavy atom. The molecule has 3 aromatic rings. The summed E-state index contributed by atoms with van der Waals surface area (Å²) in [6.07, 6.45) is 3.85. The molecule has 0 unspecified atom stereocenters. The van der Waals surface area contributed by atoms with E-state index in [9.17, 15) is 9.59 Å². The molecule has 6 nitrogen and oxygen atoms in total. The fraction of sp³-hybridized carbons (Fsp3) is 0.188. The Balaban J connectivity index is 1.53. The minimum absolute atomic E-state index is 0.0423. The minimum atomic E-state index is -0.518. The fourth-order valence-corrected chi connectivity index (χ4v) is 3.70. The van der Waals surface area contributed by atoms with Gasteiger partial charge in [0.05, 0.1) is 5.69 Å². The van der Waals surface area contributed by atoms with E-state index in [0.29, 0.717) is 22.9 Å². The molecule has 0 atom stereocenters. The van der Waals surface area contributed by atoms with Crippen molar-refractivity contribution in [3.8, 4) is 11.3 Å². The van der Waals surface area contributed by atoms with Crippen molar-refractivity contribution in [1.82, 2.24) is 9.97 Å². The number of nitrogens with one attached hydrogen (secondary N) is 2. The smallest absolute Gasteiger partial charge is 0.265 e. The number of aryl methyl sites for hydroxylation is 1. The van der Waals surface area contributed by atoms with Gasteiger partial charge in [0.1, 0.15) is 5.69 Å². The van der Waals surface area contributed by atoms with Crippen molar-refractivity contribution in [2.24, 2.45) is 5.73 Å². The Labute approximate surface area is 146 Å². The monoisotopic (exact) mass is 360 g/mol. The number of thiazole rings is 1. The molecule has 8 heteroatoms. The van der Waals surface area contributed by atoms with Crippen LogP contribution in [0.2, 0.25) is 0 Å². The number of aromatic nitrogens is 2. The van der Waals surface area contributed by atoms with E-state index in [1.807, 2.05) is 16.8 Å². The predicted octanol–water partition coefficient (Wildman–Crippen LogP) is 3.26. The molecule has 0 radical (unpaired) electrons. The molecule has 3 rings (SSSR count). The molecule has 3 heterocycles. The molecular weight excluding hydrogens is 344 g/mol. The van der Waals surface area contributed by atoms with Gasteiger partial charge in [0.15, 0.2) is 5.13 Å². The molecule has 124 valence electrons. The number of hydrogen-bond donors (Lipinski definition) is 3. The maximum absolute atomic E-state index is 12.0. The van der Waals surface area contributed by atoms with E-state index in [-0.39, 0.29) is 5.91 Å². The number of amides is 2. The third-order valence-electron chi connectivity index (χ3n) is 3.40. The zero-order chi connectivity index (χ0) is 16.9. The maximum Gasteiger partial charge on any atom is 0.265 e. The second kappa shape index (κ2) is 7.41.